The lowest BCUT2D eigenvalue weighted by Crippen LogP contribution is -3.00. The van der Waals surface area contributed by atoms with Gasteiger partial charge in [-0.3, -0.25) is 4.90 Å². The quantitative estimate of drug-likeness (QED) is 0.466. The Morgan fingerprint density at radius 1 is 1.15 bits per heavy atom. The van der Waals surface area contributed by atoms with Crippen LogP contribution in [0.15, 0.2) is 30.3 Å². The molecule has 0 atom stereocenters. The summed E-state index contributed by atoms with van der Waals surface area (Å²) in [5.74, 6) is 3.18. The molecule has 0 amide bonds. The molecule has 0 spiro atoms. The molecule has 3 aliphatic heterocycles. The monoisotopic (exact) mass is 467 g/mol. The zero-order valence-corrected chi connectivity index (χ0v) is 20.2. The van der Waals surface area contributed by atoms with Crippen LogP contribution in [0.5, 0.6) is 23.0 Å². The van der Waals surface area contributed by atoms with E-state index in [-0.39, 0.29) is 18.0 Å². The van der Waals surface area contributed by atoms with Crippen LogP contribution in [0.1, 0.15) is 38.7 Å². The molecule has 0 aliphatic carbocycles. The fourth-order valence-corrected chi connectivity index (χ4v) is 5.17. The molecule has 0 bridgehead atoms. The highest BCUT2D eigenvalue weighted by atomic mass is 35.5. The van der Waals surface area contributed by atoms with Crippen molar-refractivity contribution in [2.24, 2.45) is 0 Å². The van der Waals surface area contributed by atoms with E-state index < -0.39 is 0 Å². The van der Waals surface area contributed by atoms with E-state index >= 15 is 0 Å². The van der Waals surface area contributed by atoms with Crippen LogP contribution < -0.4 is 31.3 Å². The fraction of sp³-hybridized carbons (Fsp3) is 0.423. The number of aromatic nitrogens is 2. The molecule has 1 saturated heterocycles. The lowest BCUT2D eigenvalue weighted by atomic mass is 9.96. The zero-order chi connectivity index (χ0) is 21.9. The topological polar surface area (TPSA) is 50.6 Å². The molecular weight excluding hydrogens is 438 g/mol. The second kappa shape index (κ2) is 8.26. The summed E-state index contributed by atoms with van der Waals surface area (Å²) >= 11 is 0. The lowest BCUT2D eigenvalue weighted by molar-refractivity contribution is -0.725. The van der Waals surface area contributed by atoms with Gasteiger partial charge in [-0.1, -0.05) is 12.5 Å². The zero-order valence-electron chi connectivity index (χ0n) is 19.4. The normalized spacial score (nSPS) is 18.0. The Hall–Kier alpha value is -2.70. The van der Waals surface area contributed by atoms with Gasteiger partial charge < -0.3 is 26.6 Å². The average molecular weight is 468 g/mol. The number of nitrogens with zero attached hydrogens (tertiary/aromatic N) is 2. The van der Waals surface area contributed by atoms with Crippen molar-refractivity contribution in [3.63, 3.8) is 0 Å². The Balaban J connectivity index is 0.00000228. The number of H-pyrrole nitrogens is 1. The van der Waals surface area contributed by atoms with Gasteiger partial charge in [-0.15, -0.1) is 4.68 Å². The molecule has 1 N–H and O–H groups in total. The predicted octanol–water partition coefficient (Wildman–Crippen LogP) is 1.91. The first-order valence-electron chi connectivity index (χ1n) is 11.6. The molecule has 0 radical (unpaired) electrons. The highest BCUT2D eigenvalue weighted by Gasteiger charge is 2.36. The third kappa shape index (κ3) is 3.65. The number of para-hydroxylation sites is 1. The summed E-state index contributed by atoms with van der Waals surface area (Å²) in [4.78, 5) is 2.57. The van der Waals surface area contributed by atoms with Gasteiger partial charge in [0.05, 0.1) is 30.8 Å². The summed E-state index contributed by atoms with van der Waals surface area (Å²) in [6, 6.07) is 8.22. The van der Waals surface area contributed by atoms with Gasteiger partial charge in [-0.2, -0.15) is 5.10 Å². The molecule has 7 heteroatoms. The van der Waals surface area contributed by atoms with Crippen molar-refractivity contribution in [3.05, 3.63) is 35.9 Å². The molecule has 6 nitrogen and oxygen atoms in total. The van der Waals surface area contributed by atoms with E-state index in [2.05, 4.69) is 52.8 Å². The van der Waals surface area contributed by atoms with Crippen molar-refractivity contribution in [2.75, 3.05) is 26.7 Å². The number of halogens is 1. The van der Waals surface area contributed by atoms with Crippen LogP contribution in [0.2, 0.25) is 0 Å². The van der Waals surface area contributed by atoms with Crippen molar-refractivity contribution in [2.45, 2.75) is 45.3 Å². The summed E-state index contributed by atoms with van der Waals surface area (Å²) in [5.41, 5.74) is 3.85. The van der Waals surface area contributed by atoms with Crippen LogP contribution in [0, 0.1) is 0 Å². The minimum absolute atomic E-state index is 0. The SMILES string of the molecule is COc1cccc2c1Oc1c3c(cc4c1c-2[nH][n+]4CCN1CCCCC1)OC(C)(C)C=C3.[Cl-]. The Kier molecular flexibility index (Phi) is 5.53. The van der Waals surface area contributed by atoms with E-state index in [4.69, 9.17) is 14.2 Å². The number of aromatic amines is 1. The third-order valence-electron chi connectivity index (χ3n) is 6.83. The van der Waals surface area contributed by atoms with E-state index in [9.17, 15) is 0 Å². The molecule has 2 aromatic carbocycles. The lowest BCUT2D eigenvalue weighted by Gasteiger charge is -2.29. The first kappa shape index (κ1) is 22.1. The number of nitrogens with one attached hydrogen (secondary N) is 1. The van der Waals surface area contributed by atoms with Crippen molar-refractivity contribution in [3.8, 4) is 34.3 Å². The van der Waals surface area contributed by atoms with Crippen LogP contribution >= 0.6 is 0 Å². The molecule has 33 heavy (non-hydrogen) atoms. The van der Waals surface area contributed by atoms with E-state index in [1.807, 2.05) is 12.1 Å². The number of benzene rings is 2. The summed E-state index contributed by atoms with van der Waals surface area (Å²) in [6.45, 7) is 8.47. The number of ether oxygens (including phenoxy) is 3. The maximum Gasteiger partial charge on any atom is 0.246 e. The maximum atomic E-state index is 6.55. The molecule has 174 valence electrons. The van der Waals surface area contributed by atoms with E-state index in [1.165, 1.54) is 32.4 Å². The number of likely N-dealkylation sites (tertiary alicyclic amines) is 1. The van der Waals surface area contributed by atoms with Crippen molar-refractivity contribution in [1.82, 2.24) is 10.00 Å². The average Bonchev–Trinajstić information content (AvgIpc) is 3.16. The van der Waals surface area contributed by atoms with E-state index in [0.717, 1.165) is 63.8 Å². The largest absolute Gasteiger partial charge is 1.00 e. The highest BCUT2D eigenvalue weighted by Crippen LogP contribution is 2.53. The number of rotatable bonds is 4. The fourth-order valence-electron chi connectivity index (χ4n) is 5.17. The van der Waals surface area contributed by atoms with Gasteiger partial charge in [-0.25, -0.2) is 0 Å². The minimum Gasteiger partial charge on any atom is -1.00 e. The molecule has 1 aromatic heterocycles. The number of methoxy groups -OCH3 is 1. The van der Waals surface area contributed by atoms with Crippen molar-refractivity contribution in [1.29, 1.82) is 0 Å². The molecule has 4 heterocycles. The van der Waals surface area contributed by atoms with Gasteiger partial charge in [0, 0.05) is 0 Å². The number of hydrogen-bond acceptors (Lipinski definition) is 4. The standard InChI is InChI=1S/C26H29N3O3.ClH/c1-26(2)11-10-17-21(32-26)16-19-22-23(27-29(19)15-14-28-12-5-4-6-13-28)18-8-7-9-20(30-3)24(18)31-25(17)22;/h7-11,16H,4-6,12-15H2,1-3H3;1H. The minimum atomic E-state index is -0.352. The Bertz CT molecular complexity index is 1240. The summed E-state index contributed by atoms with van der Waals surface area (Å²) in [5, 5.41) is 4.80. The summed E-state index contributed by atoms with van der Waals surface area (Å²) in [7, 11) is 1.68. The summed E-state index contributed by atoms with van der Waals surface area (Å²) in [6.07, 6.45) is 8.17. The van der Waals surface area contributed by atoms with Gasteiger partial charge in [-0.05, 0) is 64.1 Å². The number of hydrogen-bond donors (Lipinski definition) is 1. The highest BCUT2D eigenvalue weighted by molar-refractivity contribution is 6.03. The Morgan fingerprint density at radius 2 is 1.97 bits per heavy atom. The molecule has 1 fully saturated rings. The molecule has 3 aliphatic rings. The maximum absolute atomic E-state index is 6.55. The molecular formula is C26H30ClN3O3. The van der Waals surface area contributed by atoms with E-state index in [0.29, 0.717) is 0 Å². The molecule has 0 saturated carbocycles. The smallest absolute Gasteiger partial charge is 0.246 e. The molecule has 3 aromatic rings. The van der Waals surface area contributed by atoms with Gasteiger partial charge in [0.2, 0.25) is 5.52 Å². The van der Waals surface area contributed by atoms with Crippen LogP contribution in [-0.2, 0) is 6.54 Å². The van der Waals surface area contributed by atoms with Crippen molar-refractivity contribution >= 4 is 17.0 Å². The second-order valence-electron chi connectivity index (χ2n) is 9.53. The van der Waals surface area contributed by atoms with Crippen molar-refractivity contribution < 1.29 is 31.3 Å². The second-order valence-corrected chi connectivity index (χ2v) is 9.53. The molecule has 6 rings (SSSR count). The Labute approximate surface area is 200 Å². The number of piperidine rings is 1. The third-order valence-corrected chi connectivity index (χ3v) is 6.83. The van der Waals surface area contributed by atoms with Gasteiger partial charge >= 0.3 is 0 Å². The van der Waals surface area contributed by atoms with Crippen LogP contribution in [0.3, 0.4) is 0 Å². The van der Waals surface area contributed by atoms with Gasteiger partial charge in [0.1, 0.15) is 22.4 Å². The van der Waals surface area contributed by atoms with Gasteiger partial charge in [0.25, 0.3) is 0 Å². The van der Waals surface area contributed by atoms with Gasteiger partial charge in [0.15, 0.2) is 23.8 Å². The first-order valence-corrected chi connectivity index (χ1v) is 11.6. The van der Waals surface area contributed by atoms with Crippen LogP contribution in [0.25, 0.3) is 28.2 Å². The Morgan fingerprint density at radius 3 is 2.76 bits per heavy atom. The molecule has 0 unspecified atom stereocenters. The predicted molar refractivity (Wildman–Crippen MR) is 125 cm³/mol. The van der Waals surface area contributed by atoms with Crippen LogP contribution in [-0.4, -0.2) is 42.3 Å². The summed E-state index contributed by atoms with van der Waals surface area (Å²) < 4.78 is 20.8. The van der Waals surface area contributed by atoms with Crippen LogP contribution in [0.4, 0.5) is 0 Å². The number of fused-ring (bicyclic) bond motifs is 4. The van der Waals surface area contributed by atoms with E-state index in [1.54, 1.807) is 7.11 Å². The first-order chi connectivity index (χ1) is 15.5.